The number of aryl methyl sites for hydroxylation is 1. The highest BCUT2D eigenvalue weighted by Gasteiger charge is 2.24. The molecular formula is C20H26N2Si. The summed E-state index contributed by atoms with van der Waals surface area (Å²) in [5.41, 5.74) is 2.53. The summed E-state index contributed by atoms with van der Waals surface area (Å²) in [5, 5.41) is 13.5. The highest BCUT2D eigenvalue weighted by atomic mass is 28.3. The van der Waals surface area contributed by atoms with Crippen LogP contribution in [0.1, 0.15) is 30.9 Å². The Labute approximate surface area is 139 Å². The lowest BCUT2D eigenvalue weighted by Gasteiger charge is -2.20. The molecule has 3 heteroatoms. The molecule has 0 unspecified atom stereocenters. The molecule has 0 spiro atoms. The van der Waals surface area contributed by atoms with E-state index in [-0.39, 0.29) is 0 Å². The Bertz CT molecular complexity index is 962. The Morgan fingerprint density at radius 1 is 1.17 bits per heavy atom. The fourth-order valence-electron chi connectivity index (χ4n) is 2.97. The number of nitrogens with zero attached hydrogens (tertiary/aromatic N) is 2. The maximum absolute atomic E-state index is 9.06. The van der Waals surface area contributed by atoms with Crippen molar-refractivity contribution in [2.75, 3.05) is 0 Å². The summed E-state index contributed by atoms with van der Waals surface area (Å²) in [4.78, 5) is 0. The number of rotatable bonds is 2. The predicted molar refractivity (Wildman–Crippen MR) is 100 cm³/mol. The zero-order valence-corrected chi connectivity index (χ0v) is 16.1. The molecule has 0 aliphatic carbocycles. The number of pyridine rings is 1. The molecule has 0 fully saturated rings. The second kappa shape index (κ2) is 6.27. The maximum atomic E-state index is 9.06. The minimum atomic E-state index is -1.43. The van der Waals surface area contributed by atoms with Crippen molar-refractivity contribution in [2.45, 2.75) is 46.3 Å². The van der Waals surface area contributed by atoms with Gasteiger partial charge in [0.1, 0.15) is 6.72 Å². The molecule has 1 aromatic carbocycles. The first-order valence-electron chi connectivity index (χ1n) is 8.07. The number of hydrogen-bond acceptors (Lipinski definition) is 0. The van der Waals surface area contributed by atoms with Gasteiger partial charge in [-0.2, -0.15) is 4.24 Å². The standard InChI is InChI=1S/C20H26N2Si/c1-14(2)18-11-19(22(4)13-20(18)23(5,6)7)17-9-8-16(12-21)10-15(17)3/h8-11,13-14H,4H2,1-3,5-7H3. The van der Waals surface area contributed by atoms with Gasteiger partial charge in [0.05, 0.1) is 8.07 Å². The van der Waals surface area contributed by atoms with Gasteiger partial charge in [-0.3, -0.25) is 5.87 Å². The third-order valence-corrected chi connectivity index (χ3v) is 6.29. The van der Waals surface area contributed by atoms with E-state index in [2.05, 4.69) is 65.3 Å². The SMILES string of the molecule is C=[n+]1cc([Si](C)(C)C)c(C(C)C)cc1=c1ccc(=C=[N-])cc1C. The Kier molecular flexibility index (Phi) is 4.74. The van der Waals surface area contributed by atoms with Crippen LogP contribution in [0.15, 0.2) is 30.5 Å². The van der Waals surface area contributed by atoms with Crippen molar-refractivity contribution >= 4 is 19.1 Å². The quantitative estimate of drug-likeness (QED) is 0.462. The summed E-state index contributed by atoms with van der Waals surface area (Å²) in [6.45, 7) is 17.9. The average Bonchev–Trinajstić information content (AvgIpc) is 2.46. The molecule has 1 aromatic heterocycles. The highest BCUT2D eigenvalue weighted by Crippen LogP contribution is 2.15. The minimum Gasteiger partial charge on any atom is -0.763 e. The average molecular weight is 323 g/mol. The normalized spacial score (nSPS) is 13.2. The fraction of sp³-hybridized carbons (Fsp3) is 0.350. The van der Waals surface area contributed by atoms with Crippen molar-refractivity contribution in [3.8, 4) is 0 Å². The summed E-state index contributed by atoms with van der Waals surface area (Å²) in [7, 11) is -1.43. The van der Waals surface area contributed by atoms with Gasteiger partial charge >= 0.3 is 0 Å². The van der Waals surface area contributed by atoms with E-state index in [0.29, 0.717) is 11.1 Å². The van der Waals surface area contributed by atoms with Gasteiger partial charge in [0, 0.05) is 16.5 Å². The lowest BCUT2D eigenvalue weighted by atomic mass is 10.0. The fourth-order valence-corrected chi connectivity index (χ4v) is 4.74. The van der Waals surface area contributed by atoms with Gasteiger partial charge in [-0.1, -0.05) is 33.5 Å². The first-order chi connectivity index (χ1) is 10.6. The number of aromatic nitrogens is 1. The van der Waals surface area contributed by atoms with Crippen molar-refractivity contribution in [3.63, 3.8) is 0 Å². The smallest absolute Gasteiger partial charge is 0.217 e. The third kappa shape index (κ3) is 3.52. The van der Waals surface area contributed by atoms with Crippen molar-refractivity contribution in [1.82, 2.24) is 0 Å². The Balaban J connectivity index is 3.02. The van der Waals surface area contributed by atoms with Gasteiger partial charge in [-0.05, 0) is 47.4 Å². The predicted octanol–water partition coefficient (Wildman–Crippen LogP) is 2.79. The molecule has 0 aliphatic heterocycles. The molecular weight excluding hydrogens is 296 g/mol. The molecule has 2 nitrogen and oxygen atoms in total. The molecule has 0 N–H and O–H groups in total. The van der Waals surface area contributed by atoms with Crippen LogP contribution in [0.25, 0.3) is 5.41 Å². The zero-order valence-electron chi connectivity index (χ0n) is 15.1. The molecule has 120 valence electrons. The first kappa shape index (κ1) is 17.4. The van der Waals surface area contributed by atoms with Crippen molar-refractivity contribution in [1.29, 1.82) is 0 Å². The van der Waals surface area contributed by atoms with E-state index in [9.17, 15) is 0 Å². The summed E-state index contributed by atoms with van der Waals surface area (Å²) in [6.07, 6.45) is 2.22. The van der Waals surface area contributed by atoms with Crippen LogP contribution in [0.2, 0.25) is 19.6 Å². The van der Waals surface area contributed by atoms with E-state index in [1.807, 2.05) is 22.4 Å². The van der Waals surface area contributed by atoms with E-state index in [1.54, 1.807) is 0 Å². The maximum Gasteiger partial charge on any atom is 0.217 e. The molecule has 0 saturated heterocycles. The summed E-state index contributed by atoms with van der Waals surface area (Å²) in [5.74, 6) is 2.68. The van der Waals surface area contributed by atoms with Gasteiger partial charge in [-0.25, -0.2) is 0 Å². The second-order valence-corrected chi connectivity index (χ2v) is 12.6. The molecule has 0 aliphatic rings. The van der Waals surface area contributed by atoms with E-state index < -0.39 is 8.07 Å². The highest BCUT2D eigenvalue weighted by molar-refractivity contribution is 6.89. The van der Waals surface area contributed by atoms with Gasteiger partial charge in [0.2, 0.25) is 5.35 Å². The van der Waals surface area contributed by atoms with Crippen LogP contribution in [0, 0.1) is 24.2 Å². The molecule has 0 saturated carbocycles. The van der Waals surface area contributed by atoms with Crippen molar-refractivity contribution in [3.05, 3.63) is 69.5 Å². The lowest BCUT2D eigenvalue weighted by molar-refractivity contribution is -0.509. The molecule has 0 amide bonds. The van der Waals surface area contributed by atoms with Crippen LogP contribution in [0.3, 0.4) is 0 Å². The Morgan fingerprint density at radius 3 is 2.30 bits per heavy atom. The molecule has 2 rings (SSSR count). The lowest BCUT2D eigenvalue weighted by Crippen LogP contribution is -2.44. The second-order valence-electron chi connectivity index (χ2n) is 7.54. The van der Waals surface area contributed by atoms with Gasteiger partial charge in [0.25, 0.3) is 0 Å². The molecule has 0 atom stereocenters. The van der Waals surface area contributed by atoms with Crippen LogP contribution in [-0.2, 0) is 0 Å². The number of hydrogen-bond donors (Lipinski definition) is 0. The van der Waals surface area contributed by atoms with Gasteiger partial charge < -0.3 is 5.41 Å². The molecule has 0 bridgehead atoms. The monoisotopic (exact) mass is 322 g/mol. The van der Waals surface area contributed by atoms with Crippen LogP contribution in [-0.4, -0.2) is 13.9 Å². The summed E-state index contributed by atoms with van der Waals surface area (Å²) in [6, 6.07) is 8.14. The Morgan fingerprint density at radius 2 is 1.83 bits per heavy atom. The van der Waals surface area contributed by atoms with E-state index >= 15 is 0 Å². The summed E-state index contributed by atoms with van der Waals surface area (Å²) < 4.78 is 1.99. The molecule has 1 heterocycles. The van der Waals surface area contributed by atoms with Crippen LogP contribution in [0.4, 0.5) is 0 Å². The van der Waals surface area contributed by atoms with Crippen molar-refractivity contribution < 1.29 is 4.24 Å². The van der Waals surface area contributed by atoms with E-state index in [1.165, 1.54) is 10.8 Å². The summed E-state index contributed by atoms with van der Waals surface area (Å²) >= 11 is 0. The van der Waals surface area contributed by atoms with Crippen LogP contribution in [0.5, 0.6) is 0 Å². The van der Waals surface area contributed by atoms with Crippen LogP contribution < -0.4 is 14.6 Å². The van der Waals surface area contributed by atoms with Gasteiger partial charge in [0.15, 0.2) is 6.20 Å². The Hall–Kier alpha value is -1.96. The first-order valence-corrected chi connectivity index (χ1v) is 11.6. The number of benzene rings is 1. The van der Waals surface area contributed by atoms with E-state index in [4.69, 9.17) is 5.41 Å². The van der Waals surface area contributed by atoms with Gasteiger partial charge in [-0.15, -0.1) is 0 Å². The third-order valence-electron chi connectivity index (χ3n) is 4.26. The zero-order chi connectivity index (χ0) is 17.4. The topological polar surface area (TPSA) is 28.2 Å². The molecule has 2 aromatic rings. The van der Waals surface area contributed by atoms with E-state index in [0.717, 1.165) is 16.1 Å². The minimum absolute atomic E-state index is 0.482. The molecule has 0 radical (unpaired) electrons. The largest absolute Gasteiger partial charge is 0.763 e. The molecule has 23 heavy (non-hydrogen) atoms. The van der Waals surface area contributed by atoms with Crippen LogP contribution >= 0.6 is 0 Å². The van der Waals surface area contributed by atoms with Crippen molar-refractivity contribution in [2.24, 2.45) is 0 Å².